The maximum Gasteiger partial charge on any atom is 0.227 e. The molecule has 6 nitrogen and oxygen atoms in total. The number of carbonyl (C=O) groups is 3. The fourth-order valence-electron chi connectivity index (χ4n) is 3.43. The number of hydrogen-bond donors (Lipinski definition) is 2. The molecule has 1 aliphatic heterocycles. The summed E-state index contributed by atoms with van der Waals surface area (Å²) in [6, 6.07) is 13.2. The van der Waals surface area contributed by atoms with E-state index in [-0.39, 0.29) is 35.9 Å². The molecule has 1 aliphatic rings. The first-order valence-electron chi connectivity index (χ1n) is 9.62. The number of nitrogens with one attached hydrogen (secondary N) is 2. The third-order valence-corrected chi connectivity index (χ3v) is 4.97. The molecule has 0 radical (unpaired) electrons. The van der Waals surface area contributed by atoms with Crippen molar-refractivity contribution in [2.45, 2.75) is 26.2 Å². The fraction of sp³-hybridized carbons (Fsp3) is 0.318. The van der Waals surface area contributed by atoms with E-state index in [9.17, 15) is 18.8 Å². The molecule has 0 atom stereocenters. The van der Waals surface area contributed by atoms with E-state index in [2.05, 4.69) is 10.6 Å². The van der Waals surface area contributed by atoms with Crippen LogP contribution in [0.15, 0.2) is 48.5 Å². The summed E-state index contributed by atoms with van der Waals surface area (Å²) in [5.74, 6) is -0.988. The molecule has 0 aromatic heterocycles. The van der Waals surface area contributed by atoms with Crippen molar-refractivity contribution in [1.29, 1.82) is 0 Å². The number of rotatable bonds is 5. The quantitative estimate of drug-likeness (QED) is 0.813. The molecule has 3 rings (SSSR count). The standard InChI is InChI=1S/C22H24FN3O3/c1-15(27)24-18-6-4-7-19(14-18)25-22(29)16-9-11-26(12-10-16)21(28)13-17-5-2-3-8-20(17)23/h2-8,14,16H,9-13H2,1H3,(H,24,27)(H,25,29). The third-order valence-electron chi connectivity index (χ3n) is 4.97. The van der Waals surface area contributed by atoms with Gasteiger partial charge in [0.1, 0.15) is 5.82 Å². The molecule has 0 spiro atoms. The lowest BCUT2D eigenvalue weighted by molar-refractivity contribution is -0.133. The highest BCUT2D eigenvalue weighted by molar-refractivity contribution is 5.94. The number of nitrogens with zero attached hydrogens (tertiary/aromatic N) is 1. The third kappa shape index (κ3) is 5.63. The van der Waals surface area contributed by atoms with Crippen LogP contribution in [0.5, 0.6) is 0 Å². The van der Waals surface area contributed by atoms with Crippen LogP contribution in [0.2, 0.25) is 0 Å². The lowest BCUT2D eigenvalue weighted by Crippen LogP contribution is -2.42. The van der Waals surface area contributed by atoms with Crippen LogP contribution in [0.1, 0.15) is 25.3 Å². The van der Waals surface area contributed by atoms with Crippen molar-refractivity contribution in [3.63, 3.8) is 0 Å². The van der Waals surface area contributed by atoms with Gasteiger partial charge in [-0.3, -0.25) is 14.4 Å². The van der Waals surface area contributed by atoms with Gasteiger partial charge in [-0.1, -0.05) is 24.3 Å². The summed E-state index contributed by atoms with van der Waals surface area (Å²) in [6.07, 6.45) is 1.14. The molecule has 0 bridgehead atoms. The van der Waals surface area contributed by atoms with Gasteiger partial charge in [0.05, 0.1) is 6.42 Å². The van der Waals surface area contributed by atoms with Gasteiger partial charge < -0.3 is 15.5 Å². The Balaban J connectivity index is 1.51. The minimum Gasteiger partial charge on any atom is -0.342 e. The van der Waals surface area contributed by atoms with E-state index < -0.39 is 0 Å². The van der Waals surface area contributed by atoms with E-state index >= 15 is 0 Å². The zero-order valence-electron chi connectivity index (χ0n) is 16.3. The van der Waals surface area contributed by atoms with Gasteiger partial charge in [0.15, 0.2) is 0 Å². The van der Waals surface area contributed by atoms with Crippen LogP contribution in [0.4, 0.5) is 15.8 Å². The molecule has 2 N–H and O–H groups in total. The number of hydrogen-bond acceptors (Lipinski definition) is 3. The Hall–Kier alpha value is -3.22. The normalized spacial score (nSPS) is 14.3. The summed E-state index contributed by atoms with van der Waals surface area (Å²) < 4.78 is 13.7. The second-order valence-corrected chi connectivity index (χ2v) is 7.17. The summed E-state index contributed by atoms with van der Waals surface area (Å²) in [6.45, 7) is 2.36. The molecule has 7 heteroatoms. The summed E-state index contributed by atoms with van der Waals surface area (Å²) in [7, 11) is 0. The van der Waals surface area contributed by atoms with Crippen LogP contribution in [0.3, 0.4) is 0 Å². The average molecular weight is 397 g/mol. The number of piperidine rings is 1. The molecule has 2 aromatic rings. The molecule has 0 saturated carbocycles. The number of benzene rings is 2. The fourth-order valence-corrected chi connectivity index (χ4v) is 3.43. The summed E-state index contributed by atoms with van der Waals surface area (Å²) in [5, 5.41) is 5.55. The largest absolute Gasteiger partial charge is 0.342 e. The first-order chi connectivity index (χ1) is 13.9. The van der Waals surface area contributed by atoms with E-state index in [0.717, 1.165) is 0 Å². The Morgan fingerprint density at radius 2 is 1.66 bits per heavy atom. The maximum atomic E-state index is 13.7. The van der Waals surface area contributed by atoms with E-state index in [0.29, 0.717) is 42.9 Å². The van der Waals surface area contributed by atoms with Gasteiger partial charge in [-0.2, -0.15) is 0 Å². The first-order valence-corrected chi connectivity index (χ1v) is 9.62. The highest BCUT2D eigenvalue weighted by Crippen LogP contribution is 2.22. The second-order valence-electron chi connectivity index (χ2n) is 7.17. The number of amides is 3. The van der Waals surface area contributed by atoms with Gasteiger partial charge in [0.2, 0.25) is 17.7 Å². The van der Waals surface area contributed by atoms with Crippen molar-refractivity contribution in [3.05, 3.63) is 59.9 Å². The predicted molar refractivity (Wildman–Crippen MR) is 109 cm³/mol. The Morgan fingerprint density at radius 3 is 2.31 bits per heavy atom. The van der Waals surface area contributed by atoms with Crippen molar-refractivity contribution >= 4 is 29.1 Å². The van der Waals surface area contributed by atoms with Crippen molar-refractivity contribution in [1.82, 2.24) is 4.90 Å². The molecular weight excluding hydrogens is 373 g/mol. The summed E-state index contributed by atoms with van der Waals surface area (Å²) in [5.41, 5.74) is 1.61. The molecule has 3 amide bonds. The molecule has 0 aliphatic carbocycles. The maximum absolute atomic E-state index is 13.7. The topological polar surface area (TPSA) is 78.5 Å². The van der Waals surface area contributed by atoms with Crippen molar-refractivity contribution in [2.75, 3.05) is 23.7 Å². The highest BCUT2D eigenvalue weighted by atomic mass is 19.1. The molecule has 1 heterocycles. The molecule has 2 aromatic carbocycles. The number of likely N-dealkylation sites (tertiary alicyclic amines) is 1. The average Bonchev–Trinajstić information content (AvgIpc) is 2.69. The smallest absolute Gasteiger partial charge is 0.227 e. The second kappa shape index (κ2) is 9.32. The zero-order valence-corrected chi connectivity index (χ0v) is 16.3. The van der Waals surface area contributed by atoms with Gasteiger partial charge in [-0.15, -0.1) is 0 Å². The Kier molecular flexibility index (Phi) is 6.59. The van der Waals surface area contributed by atoms with Crippen molar-refractivity contribution in [3.8, 4) is 0 Å². The van der Waals surface area contributed by atoms with E-state index in [1.807, 2.05) is 0 Å². The van der Waals surface area contributed by atoms with Crippen LogP contribution >= 0.6 is 0 Å². The minimum atomic E-state index is -0.378. The Bertz CT molecular complexity index is 908. The zero-order chi connectivity index (χ0) is 20.8. The van der Waals surface area contributed by atoms with E-state index in [1.54, 1.807) is 47.4 Å². The monoisotopic (exact) mass is 397 g/mol. The van der Waals surface area contributed by atoms with Crippen LogP contribution in [0.25, 0.3) is 0 Å². The molecule has 29 heavy (non-hydrogen) atoms. The van der Waals surface area contributed by atoms with Crippen molar-refractivity contribution < 1.29 is 18.8 Å². The minimum absolute atomic E-state index is 0.0273. The summed E-state index contributed by atoms with van der Waals surface area (Å²) in [4.78, 5) is 37.8. The van der Waals surface area contributed by atoms with Gasteiger partial charge in [-0.25, -0.2) is 4.39 Å². The van der Waals surface area contributed by atoms with E-state index in [4.69, 9.17) is 0 Å². The van der Waals surface area contributed by atoms with Crippen LogP contribution in [0, 0.1) is 11.7 Å². The van der Waals surface area contributed by atoms with Crippen LogP contribution in [-0.4, -0.2) is 35.7 Å². The Labute approximate surface area is 169 Å². The summed E-state index contributed by atoms with van der Waals surface area (Å²) >= 11 is 0. The first kappa shape index (κ1) is 20.5. The van der Waals surface area contributed by atoms with Gasteiger partial charge in [-0.05, 0) is 42.7 Å². The number of halogens is 1. The molecule has 0 unspecified atom stereocenters. The number of anilines is 2. The predicted octanol–water partition coefficient (Wildman–Crippen LogP) is 3.20. The van der Waals surface area contributed by atoms with Gasteiger partial charge >= 0.3 is 0 Å². The molecule has 152 valence electrons. The number of carbonyl (C=O) groups excluding carboxylic acids is 3. The molecule has 1 saturated heterocycles. The highest BCUT2D eigenvalue weighted by Gasteiger charge is 2.27. The van der Waals surface area contributed by atoms with Crippen LogP contribution < -0.4 is 10.6 Å². The van der Waals surface area contributed by atoms with Crippen LogP contribution in [-0.2, 0) is 20.8 Å². The molecule has 1 fully saturated rings. The van der Waals surface area contributed by atoms with Gasteiger partial charge in [0.25, 0.3) is 0 Å². The SMILES string of the molecule is CC(=O)Nc1cccc(NC(=O)C2CCN(C(=O)Cc3ccccc3F)CC2)c1. The lowest BCUT2D eigenvalue weighted by Gasteiger charge is -2.31. The Morgan fingerprint density at radius 1 is 1.00 bits per heavy atom. The van der Waals surface area contributed by atoms with Crippen molar-refractivity contribution in [2.24, 2.45) is 5.92 Å². The molecular formula is C22H24FN3O3. The lowest BCUT2D eigenvalue weighted by atomic mass is 9.95. The van der Waals surface area contributed by atoms with E-state index in [1.165, 1.54) is 13.0 Å². The van der Waals surface area contributed by atoms with Gasteiger partial charge in [0, 0.05) is 37.3 Å².